The SMILES string of the molecule is O=[N+]([O-])c1cnc2c(c1)Oc1ccccc1N2. The number of anilines is 2. The maximum absolute atomic E-state index is 10.6. The molecule has 6 heteroatoms. The first kappa shape index (κ1) is 9.59. The number of pyridine rings is 1. The molecule has 1 aliphatic heterocycles. The molecule has 0 radical (unpaired) electrons. The Bertz CT molecular complexity index is 613. The summed E-state index contributed by atoms with van der Waals surface area (Å²) in [4.78, 5) is 14.1. The molecular weight excluding hydrogens is 222 g/mol. The van der Waals surface area contributed by atoms with Crippen LogP contribution in [-0.4, -0.2) is 9.91 Å². The van der Waals surface area contributed by atoms with Crippen LogP contribution in [0.15, 0.2) is 36.5 Å². The molecule has 0 fully saturated rings. The first-order valence-corrected chi connectivity index (χ1v) is 4.92. The predicted molar refractivity (Wildman–Crippen MR) is 60.7 cm³/mol. The lowest BCUT2D eigenvalue weighted by Crippen LogP contribution is -2.05. The Kier molecular flexibility index (Phi) is 1.94. The third kappa shape index (κ3) is 1.55. The summed E-state index contributed by atoms with van der Waals surface area (Å²) in [6.45, 7) is 0. The minimum Gasteiger partial charge on any atom is -0.451 e. The van der Waals surface area contributed by atoms with E-state index < -0.39 is 4.92 Å². The van der Waals surface area contributed by atoms with Gasteiger partial charge in [0.05, 0.1) is 16.7 Å². The Hall–Kier alpha value is -2.63. The van der Waals surface area contributed by atoms with Crippen molar-refractivity contribution in [2.45, 2.75) is 0 Å². The molecule has 1 aromatic carbocycles. The predicted octanol–water partition coefficient (Wildman–Crippen LogP) is 2.84. The number of fused-ring (bicyclic) bond motifs is 2. The molecule has 17 heavy (non-hydrogen) atoms. The average Bonchev–Trinajstić information content (AvgIpc) is 2.35. The summed E-state index contributed by atoms with van der Waals surface area (Å²) in [5.41, 5.74) is 0.700. The fraction of sp³-hybridized carbons (Fsp3) is 0. The number of hydrogen-bond donors (Lipinski definition) is 1. The first-order valence-electron chi connectivity index (χ1n) is 4.92. The van der Waals surface area contributed by atoms with E-state index in [2.05, 4.69) is 10.3 Å². The Morgan fingerprint density at radius 1 is 1.29 bits per heavy atom. The smallest absolute Gasteiger partial charge is 0.291 e. The summed E-state index contributed by atoms with van der Waals surface area (Å²) in [5.74, 6) is 1.47. The first-order chi connectivity index (χ1) is 8.24. The molecular formula is C11H7N3O3. The van der Waals surface area contributed by atoms with Gasteiger partial charge in [0, 0.05) is 0 Å². The molecule has 0 unspecified atom stereocenters. The van der Waals surface area contributed by atoms with Gasteiger partial charge >= 0.3 is 0 Å². The fourth-order valence-electron chi connectivity index (χ4n) is 1.61. The van der Waals surface area contributed by atoms with Crippen LogP contribution >= 0.6 is 0 Å². The molecule has 2 aromatic rings. The lowest BCUT2D eigenvalue weighted by molar-refractivity contribution is -0.385. The highest BCUT2D eigenvalue weighted by molar-refractivity contribution is 5.73. The number of rotatable bonds is 1. The summed E-state index contributed by atoms with van der Waals surface area (Å²) in [6, 6.07) is 8.68. The van der Waals surface area contributed by atoms with Crippen molar-refractivity contribution in [3.63, 3.8) is 0 Å². The van der Waals surface area contributed by atoms with E-state index in [1.54, 1.807) is 6.07 Å². The van der Waals surface area contributed by atoms with Crippen LogP contribution in [0.3, 0.4) is 0 Å². The van der Waals surface area contributed by atoms with E-state index in [0.29, 0.717) is 17.3 Å². The zero-order valence-corrected chi connectivity index (χ0v) is 8.58. The van der Waals surface area contributed by atoms with E-state index in [9.17, 15) is 10.1 Å². The second kappa shape index (κ2) is 3.44. The molecule has 0 aliphatic carbocycles. The highest BCUT2D eigenvalue weighted by Gasteiger charge is 2.20. The Morgan fingerprint density at radius 2 is 2.12 bits per heavy atom. The molecule has 0 saturated heterocycles. The summed E-state index contributed by atoms with van der Waals surface area (Å²) in [5, 5.41) is 13.7. The minimum absolute atomic E-state index is 0.0927. The van der Waals surface area contributed by atoms with E-state index in [1.165, 1.54) is 12.3 Å². The van der Waals surface area contributed by atoms with Gasteiger partial charge < -0.3 is 10.1 Å². The van der Waals surface area contributed by atoms with Gasteiger partial charge in [-0.2, -0.15) is 0 Å². The highest BCUT2D eigenvalue weighted by Crippen LogP contribution is 2.41. The van der Waals surface area contributed by atoms with E-state index in [4.69, 9.17) is 4.74 Å². The molecule has 3 rings (SSSR count). The van der Waals surface area contributed by atoms with E-state index in [1.807, 2.05) is 18.2 Å². The molecule has 84 valence electrons. The van der Waals surface area contributed by atoms with Crippen molar-refractivity contribution < 1.29 is 9.66 Å². The van der Waals surface area contributed by atoms with Gasteiger partial charge in [-0.1, -0.05) is 12.1 Å². The molecule has 0 saturated carbocycles. The second-order valence-corrected chi connectivity index (χ2v) is 3.52. The Morgan fingerprint density at radius 3 is 2.94 bits per heavy atom. The molecule has 1 aliphatic rings. The zero-order chi connectivity index (χ0) is 11.8. The van der Waals surface area contributed by atoms with Crippen LogP contribution in [0.4, 0.5) is 17.2 Å². The average molecular weight is 229 g/mol. The quantitative estimate of drug-likeness (QED) is 0.512. The molecule has 1 aromatic heterocycles. The lowest BCUT2D eigenvalue weighted by atomic mass is 10.2. The number of nitrogens with one attached hydrogen (secondary N) is 1. The number of para-hydroxylation sites is 2. The fourth-order valence-corrected chi connectivity index (χ4v) is 1.61. The Balaban J connectivity index is 2.06. The van der Waals surface area contributed by atoms with Crippen molar-refractivity contribution in [3.05, 3.63) is 46.6 Å². The van der Waals surface area contributed by atoms with Crippen molar-refractivity contribution in [2.24, 2.45) is 0 Å². The molecule has 0 spiro atoms. The van der Waals surface area contributed by atoms with Gasteiger partial charge in [-0.05, 0) is 12.1 Å². The number of aromatic nitrogens is 1. The van der Waals surface area contributed by atoms with Gasteiger partial charge in [0.15, 0.2) is 17.3 Å². The van der Waals surface area contributed by atoms with Gasteiger partial charge in [0.25, 0.3) is 5.69 Å². The summed E-state index contributed by atoms with van der Waals surface area (Å²) >= 11 is 0. The van der Waals surface area contributed by atoms with Crippen molar-refractivity contribution >= 4 is 17.2 Å². The molecule has 2 heterocycles. The van der Waals surface area contributed by atoms with Crippen LogP contribution in [0.2, 0.25) is 0 Å². The van der Waals surface area contributed by atoms with Gasteiger partial charge in [-0.3, -0.25) is 10.1 Å². The minimum atomic E-state index is -0.503. The van der Waals surface area contributed by atoms with Crippen molar-refractivity contribution in [2.75, 3.05) is 5.32 Å². The zero-order valence-electron chi connectivity index (χ0n) is 8.58. The van der Waals surface area contributed by atoms with Gasteiger partial charge in [0.1, 0.15) is 6.20 Å². The number of nitrogens with zero attached hydrogens (tertiary/aromatic N) is 2. The summed E-state index contributed by atoms with van der Waals surface area (Å²) in [7, 11) is 0. The van der Waals surface area contributed by atoms with E-state index >= 15 is 0 Å². The van der Waals surface area contributed by atoms with Crippen LogP contribution in [0.5, 0.6) is 11.5 Å². The maximum Gasteiger partial charge on any atom is 0.291 e. The van der Waals surface area contributed by atoms with Crippen LogP contribution in [-0.2, 0) is 0 Å². The van der Waals surface area contributed by atoms with Crippen LogP contribution in [0, 0.1) is 10.1 Å². The molecule has 0 atom stereocenters. The van der Waals surface area contributed by atoms with Crippen molar-refractivity contribution in [1.29, 1.82) is 0 Å². The van der Waals surface area contributed by atoms with Crippen molar-refractivity contribution in [3.8, 4) is 11.5 Å². The second-order valence-electron chi connectivity index (χ2n) is 3.52. The van der Waals surface area contributed by atoms with E-state index in [-0.39, 0.29) is 5.69 Å². The van der Waals surface area contributed by atoms with Gasteiger partial charge in [-0.15, -0.1) is 0 Å². The highest BCUT2D eigenvalue weighted by atomic mass is 16.6. The van der Waals surface area contributed by atoms with Gasteiger partial charge in [-0.25, -0.2) is 4.98 Å². The Labute approximate surface area is 96.0 Å². The topological polar surface area (TPSA) is 77.3 Å². The third-order valence-electron chi connectivity index (χ3n) is 2.41. The lowest BCUT2D eigenvalue weighted by Gasteiger charge is -2.19. The van der Waals surface area contributed by atoms with Gasteiger partial charge in [0.2, 0.25) is 0 Å². The molecule has 0 amide bonds. The van der Waals surface area contributed by atoms with E-state index in [0.717, 1.165) is 5.69 Å². The number of benzene rings is 1. The third-order valence-corrected chi connectivity index (χ3v) is 2.41. The largest absolute Gasteiger partial charge is 0.451 e. The number of hydrogen-bond acceptors (Lipinski definition) is 5. The molecule has 6 nitrogen and oxygen atoms in total. The summed E-state index contributed by atoms with van der Waals surface area (Å²) in [6.07, 6.45) is 1.20. The van der Waals surface area contributed by atoms with Crippen molar-refractivity contribution in [1.82, 2.24) is 4.98 Å². The molecule has 1 N–H and O–H groups in total. The van der Waals surface area contributed by atoms with Crippen LogP contribution < -0.4 is 10.1 Å². The summed E-state index contributed by atoms with van der Waals surface area (Å²) < 4.78 is 5.54. The maximum atomic E-state index is 10.6. The molecule has 0 bridgehead atoms. The van der Waals surface area contributed by atoms with Crippen LogP contribution in [0.1, 0.15) is 0 Å². The standard InChI is InChI=1S/C11H7N3O3/c15-14(16)7-5-10-11(12-6-7)13-8-3-1-2-4-9(8)17-10/h1-6H,(H,12,13). The number of ether oxygens (including phenoxy) is 1. The number of nitro groups is 1. The van der Waals surface area contributed by atoms with Crippen LogP contribution in [0.25, 0.3) is 0 Å². The monoisotopic (exact) mass is 229 g/mol. The normalized spacial score (nSPS) is 11.8.